The normalized spacial score (nSPS) is 22.2. The van der Waals surface area contributed by atoms with E-state index in [1.165, 1.54) is 15.4 Å². The molecule has 0 radical (unpaired) electrons. The minimum atomic E-state index is -0.255. The lowest BCUT2D eigenvalue weighted by atomic mass is 10.0. The van der Waals surface area contributed by atoms with Gasteiger partial charge < -0.3 is 20.4 Å². The Labute approximate surface area is 178 Å². The zero-order valence-electron chi connectivity index (χ0n) is 17.6. The summed E-state index contributed by atoms with van der Waals surface area (Å²) in [4.78, 5) is 28.0. The van der Waals surface area contributed by atoms with Crippen molar-refractivity contribution in [2.24, 2.45) is 0 Å². The lowest BCUT2D eigenvalue weighted by Gasteiger charge is -2.34. The fourth-order valence-corrected chi connectivity index (χ4v) is 4.19. The van der Waals surface area contributed by atoms with Gasteiger partial charge in [0, 0.05) is 17.3 Å². The van der Waals surface area contributed by atoms with Crippen LogP contribution in [0.25, 0.3) is 0 Å². The summed E-state index contributed by atoms with van der Waals surface area (Å²) in [5.74, 6) is 0.183. The maximum Gasteiger partial charge on any atom is 0.287 e. The smallest absolute Gasteiger partial charge is 0.287 e. The summed E-state index contributed by atoms with van der Waals surface area (Å²) in [7, 11) is 0. The van der Waals surface area contributed by atoms with Crippen LogP contribution in [0.5, 0.6) is 0 Å². The number of anilines is 1. The summed E-state index contributed by atoms with van der Waals surface area (Å²) in [6.45, 7) is 6.10. The van der Waals surface area contributed by atoms with Crippen molar-refractivity contribution in [1.82, 2.24) is 5.32 Å². The number of quaternary nitrogens is 2. The summed E-state index contributed by atoms with van der Waals surface area (Å²) >= 11 is 0. The summed E-state index contributed by atoms with van der Waals surface area (Å²) in [6, 6.07) is 18.1. The van der Waals surface area contributed by atoms with Gasteiger partial charge in [0.15, 0.2) is 12.6 Å². The predicted molar refractivity (Wildman–Crippen MR) is 116 cm³/mol. The van der Waals surface area contributed by atoms with Crippen molar-refractivity contribution in [3.8, 4) is 0 Å². The Hall–Kier alpha value is -2.70. The third-order valence-electron chi connectivity index (χ3n) is 6.07. The molecule has 2 aromatic carbocycles. The molecule has 1 aliphatic heterocycles. The summed E-state index contributed by atoms with van der Waals surface area (Å²) in [5, 5.41) is 6.19. The van der Waals surface area contributed by atoms with Crippen LogP contribution in [-0.2, 0) is 9.59 Å². The van der Waals surface area contributed by atoms with Gasteiger partial charge in [-0.15, -0.1) is 0 Å². The molecule has 6 heteroatoms. The Bertz CT molecular complexity index is 857. The van der Waals surface area contributed by atoms with E-state index in [4.69, 9.17) is 0 Å². The summed E-state index contributed by atoms with van der Waals surface area (Å²) in [6.07, 6.45) is 2.24. The molecule has 1 atom stereocenters. The largest absolute Gasteiger partial charge is 0.348 e. The van der Waals surface area contributed by atoms with E-state index in [0.717, 1.165) is 50.3 Å². The zero-order valence-corrected chi connectivity index (χ0v) is 17.6. The van der Waals surface area contributed by atoms with E-state index in [-0.39, 0.29) is 17.9 Å². The molecule has 1 saturated heterocycles. The molecule has 0 bridgehead atoms. The number of carbonyl (C=O) groups excluding carboxylic acids is 2. The molecule has 2 aliphatic rings. The van der Waals surface area contributed by atoms with Gasteiger partial charge in [-0.1, -0.05) is 48.0 Å². The summed E-state index contributed by atoms with van der Waals surface area (Å²) < 4.78 is 0. The van der Waals surface area contributed by atoms with Gasteiger partial charge in [-0.25, -0.2) is 0 Å². The molecule has 2 amide bonds. The molecule has 1 heterocycles. The van der Waals surface area contributed by atoms with Crippen LogP contribution in [0.15, 0.2) is 54.6 Å². The van der Waals surface area contributed by atoms with Crippen LogP contribution in [-0.4, -0.2) is 50.6 Å². The highest BCUT2D eigenvalue weighted by molar-refractivity contribution is 5.94. The van der Waals surface area contributed by atoms with Gasteiger partial charge in [-0.2, -0.15) is 0 Å². The van der Waals surface area contributed by atoms with Crippen molar-refractivity contribution in [2.75, 3.05) is 38.0 Å². The molecule has 1 saturated carbocycles. The van der Waals surface area contributed by atoms with Crippen LogP contribution in [0.1, 0.15) is 30.0 Å². The van der Waals surface area contributed by atoms with E-state index in [1.54, 1.807) is 0 Å². The number of piperazine rings is 1. The molecule has 0 unspecified atom stereocenters. The number of aryl methyl sites for hydroxylation is 1. The molecule has 30 heavy (non-hydrogen) atoms. The van der Waals surface area contributed by atoms with Crippen molar-refractivity contribution in [3.63, 3.8) is 0 Å². The Kier molecular flexibility index (Phi) is 6.45. The average Bonchev–Trinajstić information content (AvgIpc) is 3.56. The molecule has 0 aromatic heterocycles. The fraction of sp³-hybridized carbons (Fsp3) is 0.417. The number of carbonyl (C=O) groups is 2. The number of nitrogens with one attached hydrogen (secondary N) is 4. The first kappa shape index (κ1) is 20.6. The molecular weight excluding hydrogens is 376 g/mol. The molecule has 6 nitrogen and oxygen atoms in total. The Morgan fingerprint density at radius 3 is 2.27 bits per heavy atom. The fourth-order valence-electron chi connectivity index (χ4n) is 4.19. The molecule has 4 rings (SSSR count). The first-order valence-corrected chi connectivity index (χ1v) is 11.0. The lowest BCUT2D eigenvalue weighted by Crippen LogP contribution is -3.28. The minimum Gasteiger partial charge on any atom is -0.348 e. The third-order valence-corrected chi connectivity index (χ3v) is 6.07. The molecule has 2 fully saturated rings. The van der Waals surface area contributed by atoms with Gasteiger partial charge in [0.2, 0.25) is 0 Å². The van der Waals surface area contributed by atoms with Gasteiger partial charge in [-0.3, -0.25) is 9.59 Å². The molecule has 158 valence electrons. The van der Waals surface area contributed by atoms with Crippen molar-refractivity contribution < 1.29 is 19.4 Å². The Balaban J connectivity index is 1.40. The second-order valence-electron chi connectivity index (χ2n) is 8.63. The molecule has 4 N–H and O–H groups in total. The second-order valence-corrected chi connectivity index (χ2v) is 8.63. The van der Waals surface area contributed by atoms with E-state index in [1.807, 2.05) is 61.5 Å². The van der Waals surface area contributed by atoms with Crippen LogP contribution in [0.3, 0.4) is 0 Å². The Morgan fingerprint density at radius 1 is 0.967 bits per heavy atom. The molecular formula is C24H32N4O2+2. The first-order valence-electron chi connectivity index (χ1n) is 11.0. The second kappa shape index (κ2) is 9.41. The van der Waals surface area contributed by atoms with E-state index in [2.05, 4.69) is 10.6 Å². The topological polar surface area (TPSA) is 67.1 Å². The monoisotopic (exact) mass is 408 g/mol. The van der Waals surface area contributed by atoms with Gasteiger partial charge in [0.1, 0.15) is 26.2 Å². The maximum atomic E-state index is 13.3. The van der Waals surface area contributed by atoms with Crippen LogP contribution in [0.2, 0.25) is 0 Å². The standard InChI is InChI=1S/C24H30N4O2/c1-18-7-9-21(10-8-18)26-24(30)23(19-5-3-2-4-6-19)28-15-13-27(14-16-28)17-22(29)25-20-11-12-20/h2-10,20,23H,11-17H2,1H3,(H,25,29)(H,26,30)/p+2/t23-/m1/s1. The molecule has 1 aliphatic carbocycles. The van der Waals surface area contributed by atoms with Crippen molar-refractivity contribution >= 4 is 17.5 Å². The number of amides is 2. The van der Waals surface area contributed by atoms with Crippen LogP contribution in [0.4, 0.5) is 5.69 Å². The number of benzene rings is 2. The van der Waals surface area contributed by atoms with Crippen molar-refractivity contribution in [1.29, 1.82) is 0 Å². The highest BCUT2D eigenvalue weighted by Crippen LogP contribution is 2.18. The number of rotatable bonds is 7. The quantitative estimate of drug-likeness (QED) is 0.510. The Morgan fingerprint density at radius 2 is 1.63 bits per heavy atom. The predicted octanol–water partition coefficient (Wildman–Crippen LogP) is -0.263. The van der Waals surface area contributed by atoms with Crippen molar-refractivity contribution in [2.45, 2.75) is 31.8 Å². The molecule has 2 aromatic rings. The highest BCUT2D eigenvalue weighted by Gasteiger charge is 2.36. The molecule has 0 spiro atoms. The van der Waals surface area contributed by atoms with E-state index < -0.39 is 0 Å². The minimum absolute atomic E-state index is 0.0231. The highest BCUT2D eigenvalue weighted by atomic mass is 16.2. The van der Waals surface area contributed by atoms with Gasteiger partial charge >= 0.3 is 0 Å². The SMILES string of the molecule is Cc1ccc(NC(=O)[C@@H](c2ccccc2)[NH+]2CC[NH+](CC(=O)NC3CC3)CC2)cc1. The van der Waals surface area contributed by atoms with Crippen LogP contribution in [0, 0.1) is 6.92 Å². The maximum absolute atomic E-state index is 13.3. The zero-order chi connectivity index (χ0) is 20.9. The van der Waals surface area contributed by atoms with Crippen LogP contribution < -0.4 is 20.4 Å². The van der Waals surface area contributed by atoms with E-state index >= 15 is 0 Å². The number of hydrogen-bond acceptors (Lipinski definition) is 2. The first-order chi connectivity index (χ1) is 14.6. The summed E-state index contributed by atoms with van der Waals surface area (Å²) in [5.41, 5.74) is 3.03. The van der Waals surface area contributed by atoms with E-state index in [0.29, 0.717) is 12.6 Å². The van der Waals surface area contributed by atoms with Gasteiger partial charge in [-0.05, 0) is 31.9 Å². The third kappa shape index (κ3) is 5.46. The van der Waals surface area contributed by atoms with Gasteiger partial charge in [0.05, 0.1) is 0 Å². The van der Waals surface area contributed by atoms with Crippen molar-refractivity contribution in [3.05, 3.63) is 65.7 Å². The van der Waals surface area contributed by atoms with Gasteiger partial charge in [0.25, 0.3) is 11.8 Å². The van der Waals surface area contributed by atoms with Crippen LogP contribution >= 0.6 is 0 Å². The van der Waals surface area contributed by atoms with E-state index in [9.17, 15) is 9.59 Å². The lowest BCUT2D eigenvalue weighted by molar-refractivity contribution is -1.02. The average molecular weight is 409 g/mol. The number of hydrogen-bond donors (Lipinski definition) is 4.